The summed E-state index contributed by atoms with van der Waals surface area (Å²) in [6.45, 7) is 0.619. The van der Waals surface area contributed by atoms with Gasteiger partial charge in [0, 0.05) is 6.20 Å². The molecule has 5 heteroatoms. The molecular formula is C13H12N4O. The molecule has 0 radical (unpaired) electrons. The number of aromatic nitrogens is 2. The van der Waals surface area contributed by atoms with Crippen LogP contribution in [-0.2, 0) is 6.42 Å². The topological polar surface area (TPSA) is 84.8 Å². The number of hydrogen-bond donors (Lipinski definition) is 1. The average molecular weight is 240 g/mol. The van der Waals surface area contributed by atoms with E-state index in [2.05, 4.69) is 9.97 Å². The summed E-state index contributed by atoms with van der Waals surface area (Å²) < 4.78 is 5.45. The molecule has 0 saturated carbocycles. The Morgan fingerprint density at radius 1 is 1.22 bits per heavy atom. The minimum atomic E-state index is 0.167. The second-order valence-corrected chi connectivity index (χ2v) is 3.62. The van der Waals surface area contributed by atoms with Gasteiger partial charge in [-0.15, -0.1) is 0 Å². The predicted octanol–water partition coefficient (Wildman–Crippen LogP) is 1.64. The van der Waals surface area contributed by atoms with Crippen LogP contribution in [0.1, 0.15) is 11.3 Å². The van der Waals surface area contributed by atoms with Crippen molar-refractivity contribution in [2.24, 2.45) is 5.73 Å². The number of benzene rings is 1. The molecule has 0 atom stereocenters. The van der Waals surface area contributed by atoms with E-state index in [0.717, 1.165) is 12.0 Å². The van der Waals surface area contributed by atoms with E-state index in [1.807, 2.05) is 30.3 Å². The van der Waals surface area contributed by atoms with Gasteiger partial charge in [0.2, 0.25) is 0 Å². The van der Waals surface area contributed by atoms with Crippen molar-refractivity contribution in [1.29, 1.82) is 5.26 Å². The summed E-state index contributed by atoms with van der Waals surface area (Å²) in [5.74, 6) is 0.630. The first kappa shape index (κ1) is 12.0. The summed E-state index contributed by atoms with van der Waals surface area (Å²) in [7, 11) is 0. The van der Waals surface area contributed by atoms with Crippen LogP contribution in [0.5, 0.6) is 11.8 Å². The zero-order chi connectivity index (χ0) is 12.8. The van der Waals surface area contributed by atoms with Gasteiger partial charge < -0.3 is 10.5 Å². The van der Waals surface area contributed by atoms with Gasteiger partial charge in [-0.3, -0.25) is 0 Å². The lowest BCUT2D eigenvalue weighted by atomic mass is 10.1. The Morgan fingerprint density at radius 3 is 2.67 bits per heavy atom. The molecule has 0 aliphatic heterocycles. The molecular weight excluding hydrogens is 228 g/mol. The quantitative estimate of drug-likeness (QED) is 0.878. The summed E-state index contributed by atoms with van der Waals surface area (Å²) in [5.41, 5.74) is 6.90. The van der Waals surface area contributed by atoms with Crippen LogP contribution in [0.3, 0.4) is 0 Å². The van der Waals surface area contributed by atoms with Crippen LogP contribution in [0, 0.1) is 11.3 Å². The first-order chi connectivity index (χ1) is 8.81. The Bertz CT molecular complexity index is 560. The molecule has 0 saturated heterocycles. The van der Waals surface area contributed by atoms with Crippen LogP contribution in [0.4, 0.5) is 0 Å². The van der Waals surface area contributed by atoms with Gasteiger partial charge in [-0.25, -0.2) is 4.98 Å². The van der Waals surface area contributed by atoms with Crippen LogP contribution in [0.2, 0.25) is 0 Å². The standard InChI is InChI=1S/C13H12N4O/c14-7-5-10-1-3-12(4-2-10)18-13-16-8-6-11(9-15)17-13/h1-4,6,8H,5,7,14H2. The molecule has 1 heterocycles. The molecule has 0 aliphatic rings. The molecule has 0 fully saturated rings. The maximum Gasteiger partial charge on any atom is 0.323 e. The second-order valence-electron chi connectivity index (χ2n) is 3.62. The molecule has 0 aliphatic carbocycles. The third kappa shape index (κ3) is 3.03. The van der Waals surface area contributed by atoms with Gasteiger partial charge in [0.15, 0.2) is 0 Å². The van der Waals surface area contributed by atoms with Crippen molar-refractivity contribution in [3.8, 4) is 17.8 Å². The zero-order valence-electron chi connectivity index (χ0n) is 9.71. The lowest BCUT2D eigenvalue weighted by molar-refractivity contribution is 0.441. The van der Waals surface area contributed by atoms with Crippen molar-refractivity contribution in [1.82, 2.24) is 9.97 Å². The van der Waals surface area contributed by atoms with Crippen molar-refractivity contribution >= 4 is 0 Å². The molecule has 18 heavy (non-hydrogen) atoms. The van der Waals surface area contributed by atoms with E-state index in [9.17, 15) is 0 Å². The van der Waals surface area contributed by atoms with Crippen molar-refractivity contribution < 1.29 is 4.74 Å². The predicted molar refractivity (Wildman–Crippen MR) is 66.0 cm³/mol. The Kier molecular flexibility index (Phi) is 3.84. The van der Waals surface area contributed by atoms with Crippen molar-refractivity contribution in [2.75, 3.05) is 6.54 Å². The van der Waals surface area contributed by atoms with Crippen LogP contribution < -0.4 is 10.5 Å². The molecule has 1 aromatic heterocycles. The van der Waals surface area contributed by atoms with Gasteiger partial charge in [-0.05, 0) is 36.7 Å². The second kappa shape index (κ2) is 5.75. The number of hydrogen-bond acceptors (Lipinski definition) is 5. The Balaban J connectivity index is 2.11. The SMILES string of the molecule is N#Cc1ccnc(Oc2ccc(CCN)cc2)n1. The largest absolute Gasteiger partial charge is 0.424 e. The number of nitrogens with two attached hydrogens (primary N) is 1. The molecule has 1 aromatic carbocycles. The summed E-state index contributed by atoms with van der Waals surface area (Å²) in [6.07, 6.45) is 2.32. The van der Waals surface area contributed by atoms with E-state index in [1.54, 1.807) is 0 Å². The van der Waals surface area contributed by atoms with Crippen LogP contribution in [0.25, 0.3) is 0 Å². The lowest BCUT2D eigenvalue weighted by Gasteiger charge is -2.04. The highest BCUT2D eigenvalue weighted by molar-refractivity contribution is 5.30. The molecule has 0 unspecified atom stereocenters. The maximum absolute atomic E-state index is 8.72. The first-order valence-corrected chi connectivity index (χ1v) is 5.52. The summed E-state index contributed by atoms with van der Waals surface area (Å²) in [4.78, 5) is 7.87. The third-order valence-corrected chi connectivity index (χ3v) is 2.31. The highest BCUT2D eigenvalue weighted by Crippen LogP contribution is 2.18. The first-order valence-electron chi connectivity index (χ1n) is 5.52. The summed E-state index contributed by atoms with van der Waals surface area (Å²) >= 11 is 0. The van der Waals surface area contributed by atoms with E-state index >= 15 is 0 Å². The summed E-state index contributed by atoms with van der Waals surface area (Å²) in [5, 5.41) is 8.72. The number of nitriles is 1. The van der Waals surface area contributed by atoms with Gasteiger partial charge in [0.1, 0.15) is 17.5 Å². The van der Waals surface area contributed by atoms with Crippen molar-refractivity contribution in [3.63, 3.8) is 0 Å². The average Bonchev–Trinajstić information content (AvgIpc) is 2.42. The van der Waals surface area contributed by atoms with Gasteiger partial charge in [-0.2, -0.15) is 10.2 Å². The molecule has 0 amide bonds. The lowest BCUT2D eigenvalue weighted by Crippen LogP contribution is -2.02. The highest BCUT2D eigenvalue weighted by atomic mass is 16.5. The normalized spacial score (nSPS) is 9.78. The van der Waals surface area contributed by atoms with Crippen LogP contribution >= 0.6 is 0 Å². The minimum absolute atomic E-state index is 0.167. The van der Waals surface area contributed by atoms with Crippen molar-refractivity contribution in [2.45, 2.75) is 6.42 Å². The Morgan fingerprint density at radius 2 is 2.00 bits per heavy atom. The molecule has 90 valence electrons. The smallest absolute Gasteiger partial charge is 0.323 e. The molecule has 0 spiro atoms. The van der Waals surface area contributed by atoms with E-state index in [0.29, 0.717) is 12.3 Å². The third-order valence-electron chi connectivity index (χ3n) is 2.31. The number of ether oxygens (including phenoxy) is 1. The van der Waals surface area contributed by atoms with Crippen LogP contribution in [0.15, 0.2) is 36.5 Å². The fraction of sp³-hybridized carbons (Fsp3) is 0.154. The van der Waals surface area contributed by atoms with E-state index in [4.69, 9.17) is 15.7 Å². The maximum atomic E-state index is 8.72. The molecule has 2 rings (SSSR count). The highest BCUT2D eigenvalue weighted by Gasteiger charge is 2.02. The fourth-order valence-electron chi connectivity index (χ4n) is 1.45. The van der Waals surface area contributed by atoms with E-state index < -0.39 is 0 Å². The van der Waals surface area contributed by atoms with Crippen LogP contribution in [-0.4, -0.2) is 16.5 Å². The van der Waals surface area contributed by atoms with Gasteiger partial charge >= 0.3 is 6.01 Å². The molecule has 5 nitrogen and oxygen atoms in total. The Hall–Kier alpha value is -2.45. The monoisotopic (exact) mass is 240 g/mol. The van der Waals surface area contributed by atoms with E-state index in [-0.39, 0.29) is 11.7 Å². The molecule has 0 bridgehead atoms. The van der Waals surface area contributed by atoms with E-state index in [1.165, 1.54) is 12.3 Å². The zero-order valence-corrected chi connectivity index (χ0v) is 9.71. The van der Waals surface area contributed by atoms with Gasteiger partial charge in [0.25, 0.3) is 0 Å². The van der Waals surface area contributed by atoms with Gasteiger partial charge in [-0.1, -0.05) is 12.1 Å². The fourth-order valence-corrected chi connectivity index (χ4v) is 1.45. The summed E-state index contributed by atoms with van der Waals surface area (Å²) in [6, 6.07) is 11.2. The van der Waals surface area contributed by atoms with Gasteiger partial charge in [0.05, 0.1) is 0 Å². The molecule has 2 aromatic rings. The van der Waals surface area contributed by atoms with Crippen molar-refractivity contribution in [3.05, 3.63) is 47.8 Å². The minimum Gasteiger partial charge on any atom is -0.424 e. The number of rotatable bonds is 4. The Labute approximate surface area is 105 Å². The molecule has 2 N–H and O–H groups in total. The number of nitrogens with zero attached hydrogens (tertiary/aromatic N) is 3.